The Morgan fingerprint density at radius 2 is 2.67 bits per heavy atom. The van der Waals surface area contributed by atoms with Crippen LogP contribution in [0.3, 0.4) is 0 Å². The van der Waals surface area contributed by atoms with Crippen molar-refractivity contribution in [2.45, 2.75) is 0 Å². The minimum Gasteiger partial charge on any atom is -0.151 e. The summed E-state index contributed by atoms with van der Waals surface area (Å²) >= 11 is 0. The van der Waals surface area contributed by atoms with Crippen LogP contribution >= 0.6 is 0 Å². The van der Waals surface area contributed by atoms with E-state index in [1.54, 1.807) is 10.9 Å². The Kier molecular flexibility index (Phi) is 0.602. The molecule has 0 fully saturated rings. The Labute approximate surface area is 35.6 Å². The number of aromatic nitrogens is 3. The third-order valence-electron chi connectivity index (χ3n) is 0.580. The molecule has 1 N–H and O–H groups in total. The standard InChI is InChI=1S/C3H5N3/c1-6-3-2-4-5-6/h2-3H,1H3/p+1. The van der Waals surface area contributed by atoms with Crippen LogP contribution < -0.4 is 4.68 Å². The van der Waals surface area contributed by atoms with Crippen LogP contribution in [0.25, 0.3) is 0 Å². The van der Waals surface area contributed by atoms with Gasteiger partial charge in [0.1, 0.15) is 7.05 Å². The number of hydrogen-bond donors (Lipinski definition) is 1. The molecule has 0 aliphatic carbocycles. The lowest BCUT2D eigenvalue weighted by atomic mass is 10.9. The fraction of sp³-hybridized carbons (Fsp3) is 0.333. The Hall–Kier alpha value is -0.860. The summed E-state index contributed by atoms with van der Waals surface area (Å²) in [4.78, 5) is 0. The van der Waals surface area contributed by atoms with E-state index in [1.807, 2.05) is 13.2 Å². The second-order valence-corrected chi connectivity index (χ2v) is 1.12. The van der Waals surface area contributed by atoms with Crippen LogP contribution in [0.4, 0.5) is 0 Å². The summed E-state index contributed by atoms with van der Waals surface area (Å²) in [5, 5.41) is 6.35. The number of nitrogens with one attached hydrogen (secondary N) is 1. The van der Waals surface area contributed by atoms with E-state index in [4.69, 9.17) is 0 Å². The average Bonchev–Trinajstić information content (AvgIpc) is 1.86. The number of H-pyrrole nitrogens is 1. The maximum Gasteiger partial charge on any atom is 0.154 e. The Bertz CT molecular complexity index is 110. The van der Waals surface area contributed by atoms with Crippen LogP contribution in [0, 0.1) is 0 Å². The Morgan fingerprint density at radius 1 is 1.83 bits per heavy atom. The van der Waals surface area contributed by atoms with Gasteiger partial charge in [-0.3, -0.25) is 0 Å². The fourth-order valence-corrected chi connectivity index (χ4v) is 0.299. The van der Waals surface area contributed by atoms with Gasteiger partial charge in [0.05, 0.1) is 5.21 Å². The zero-order valence-electron chi connectivity index (χ0n) is 3.55. The molecule has 0 saturated heterocycles. The lowest BCUT2D eigenvalue weighted by Gasteiger charge is -1.63. The van der Waals surface area contributed by atoms with Gasteiger partial charge in [0, 0.05) is 0 Å². The molecule has 0 amide bonds. The number of rotatable bonds is 0. The molecule has 32 valence electrons. The molecular formula is C3H6N3+. The first kappa shape index (κ1) is 3.33. The Morgan fingerprint density at radius 3 is 2.83 bits per heavy atom. The predicted molar refractivity (Wildman–Crippen MR) is 19.8 cm³/mol. The lowest BCUT2D eigenvalue weighted by Crippen LogP contribution is -2.28. The first-order chi connectivity index (χ1) is 2.89. The van der Waals surface area contributed by atoms with Crippen LogP contribution in [0.1, 0.15) is 0 Å². The van der Waals surface area contributed by atoms with Crippen molar-refractivity contribution in [1.82, 2.24) is 10.3 Å². The van der Waals surface area contributed by atoms with Crippen LogP contribution in [0.2, 0.25) is 0 Å². The highest BCUT2D eigenvalue weighted by molar-refractivity contribution is 4.46. The molecule has 0 aliphatic rings. The van der Waals surface area contributed by atoms with Gasteiger partial charge >= 0.3 is 0 Å². The van der Waals surface area contributed by atoms with Gasteiger partial charge < -0.3 is 0 Å². The molecule has 0 radical (unpaired) electrons. The largest absolute Gasteiger partial charge is 0.154 e. The highest BCUT2D eigenvalue weighted by atomic mass is 15.4. The summed E-state index contributed by atoms with van der Waals surface area (Å²) in [6, 6.07) is 0. The van der Waals surface area contributed by atoms with Crippen molar-refractivity contribution in [2.24, 2.45) is 7.05 Å². The minimum atomic E-state index is 1.69. The molecule has 0 aromatic carbocycles. The summed E-state index contributed by atoms with van der Waals surface area (Å²) in [7, 11) is 1.86. The van der Waals surface area contributed by atoms with E-state index in [2.05, 4.69) is 10.3 Å². The summed E-state index contributed by atoms with van der Waals surface area (Å²) < 4.78 is 1.69. The number of aryl methyl sites for hydroxylation is 1. The first-order valence-corrected chi connectivity index (χ1v) is 1.75. The maximum atomic E-state index is 3.71. The van der Waals surface area contributed by atoms with Gasteiger partial charge in [0.25, 0.3) is 0 Å². The monoisotopic (exact) mass is 84.1 g/mol. The van der Waals surface area contributed by atoms with Gasteiger partial charge in [0.2, 0.25) is 0 Å². The quantitative estimate of drug-likeness (QED) is 0.411. The van der Waals surface area contributed by atoms with Crippen LogP contribution in [-0.2, 0) is 7.05 Å². The molecule has 1 aromatic rings. The van der Waals surface area contributed by atoms with Gasteiger partial charge in [-0.1, -0.05) is 0 Å². The molecule has 0 spiro atoms. The maximum absolute atomic E-state index is 3.71. The van der Waals surface area contributed by atoms with Crippen LogP contribution in [0.15, 0.2) is 12.4 Å². The molecule has 1 rings (SSSR count). The zero-order chi connectivity index (χ0) is 4.41. The average molecular weight is 84.1 g/mol. The summed E-state index contributed by atoms with van der Waals surface area (Å²) in [5.74, 6) is 0. The highest BCUT2D eigenvalue weighted by Gasteiger charge is 1.80. The van der Waals surface area contributed by atoms with Crippen molar-refractivity contribution in [3.63, 3.8) is 0 Å². The van der Waals surface area contributed by atoms with E-state index in [-0.39, 0.29) is 0 Å². The topological polar surface area (TPSA) is 32.6 Å². The van der Waals surface area contributed by atoms with E-state index in [9.17, 15) is 0 Å². The van der Waals surface area contributed by atoms with E-state index < -0.39 is 0 Å². The Balaban J connectivity index is 3.05. The molecule has 0 saturated carbocycles. The van der Waals surface area contributed by atoms with Crippen LogP contribution in [0.5, 0.6) is 0 Å². The summed E-state index contributed by atoms with van der Waals surface area (Å²) in [5.41, 5.74) is 0. The van der Waals surface area contributed by atoms with E-state index in [1.165, 1.54) is 0 Å². The van der Waals surface area contributed by atoms with Gasteiger partial charge in [-0.25, -0.2) is 0 Å². The molecule has 6 heavy (non-hydrogen) atoms. The van der Waals surface area contributed by atoms with Crippen molar-refractivity contribution >= 4 is 0 Å². The minimum absolute atomic E-state index is 1.69. The van der Waals surface area contributed by atoms with E-state index in [0.29, 0.717) is 0 Å². The molecule has 0 unspecified atom stereocenters. The summed E-state index contributed by atoms with van der Waals surface area (Å²) in [6.07, 6.45) is 3.60. The van der Waals surface area contributed by atoms with Crippen molar-refractivity contribution in [1.29, 1.82) is 0 Å². The number of nitrogens with zero attached hydrogens (tertiary/aromatic N) is 2. The zero-order valence-corrected chi connectivity index (χ0v) is 3.55. The number of hydrogen-bond acceptors (Lipinski definition) is 1. The first-order valence-electron chi connectivity index (χ1n) is 1.75. The van der Waals surface area contributed by atoms with Gasteiger partial charge in [0.15, 0.2) is 12.4 Å². The van der Waals surface area contributed by atoms with Crippen LogP contribution in [-0.4, -0.2) is 10.3 Å². The second-order valence-electron chi connectivity index (χ2n) is 1.12. The highest BCUT2D eigenvalue weighted by Crippen LogP contribution is 1.53. The molecule has 3 heteroatoms. The molecule has 1 aromatic heterocycles. The molecule has 0 bridgehead atoms. The third kappa shape index (κ3) is 0.381. The van der Waals surface area contributed by atoms with Crippen molar-refractivity contribution in [2.75, 3.05) is 0 Å². The van der Waals surface area contributed by atoms with Crippen molar-refractivity contribution in [3.05, 3.63) is 12.4 Å². The molecule has 0 atom stereocenters. The molecule has 1 heterocycles. The SMILES string of the molecule is C[n+]1cc[nH]n1. The molecule has 0 aliphatic heterocycles. The van der Waals surface area contributed by atoms with Gasteiger partial charge in [-0.15, -0.1) is 4.68 Å². The van der Waals surface area contributed by atoms with Gasteiger partial charge in [-0.05, 0) is 0 Å². The predicted octanol–water partition coefficient (Wildman–Crippen LogP) is -0.766. The molecule has 3 nitrogen and oxygen atoms in total. The molecular weight excluding hydrogens is 78.1 g/mol. The normalized spacial score (nSPS) is 8.83. The van der Waals surface area contributed by atoms with Gasteiger partial charge in [-0.2, -0.15) is 5.10 Å². The van der Waals surface area contributed by atoms with E-state index in [0.717, 1.165) is 0 Å². The van der Waals surface area contributed by atoms with Crippen molar-refractivity contribution < 1.29 is 4.68 Å². The fourth-order valence-electron chi connectivity index (χ4n) is 0.299. The summed E-state index contributed by atoms with van der Waals surface area (Å²) in [6.45, 7) is 0. The third-order valence-corrected chi connectivity index (χ3v) is 0.580. The van der Waals surface area contributed by atoms with E-state index >= 15 is 0 Å². The number of aromatic amines is 1. The second kappa shape index (κ2) is 1.08. The smallest absolute Gasteiger partial charge is 0.151 e. The van der Waals surface area contributed by atoms with Crippen molar-refractivity contribution in [3.8, 4) is 0 Å². The lowest BCUT2D eigenvalue weighted by molar-refractivity contribution is -0.730.